The number of H-pyrrole nitrogens is 1. The van der Waals surface area contributed by atoms with Gasteiger partial charge in [0.2, 0.25) is 0 Å². The molecule has 5 nitrogen and oxygen atoms in total. The average Bonchev–Trinajstić information content (AvgIpc) is 2.68. The average molecular weight is 276 g/mol. The van der Waals surface area contributed by atoms with E-state index >= 15 is 0 Å². The van der Waals surface area contributed by atoms with Crippen LogP contribution in [0, 0.1) is 5.82 Å². The number of hydrogen-bond donors (Lipinski definition) is 2. The van der Waals surface area contributed by atoms with Gasteiger partial charge in [0, 0.05) is 11.2 Å². The van der Waals surface area contributed by atoms with Gasteiger partial charge in [0.05, 0.1) is 11.9 Å². The molecule has 90 valence electrons. The molecule has 0 atom stereocenters. The lowest BCUT2D eigenvalue weighted by molar-refractivity contribution is 0.570. The summed E-state index contributed by atoms with van der Waals surface area (Å²) in [5, 5.41) is 6.13. The highest BCUT2D eigenvalue weighted by Gasteiger charge is 2.19. The summed E-state index contributed by atoms with van der Waals surface area (Å²) in [5.74, 6) is -0.909. The molecule has 1 aromatic heterocycles. The Morgan fingerprint density at radius 1 is 1.41 bits per heavy atom. The molecule has 2 N–H and O–H groups in total. The third-order valence-electron chi connectivity index (χ3n) is 1.93. The standard InChI is InChI=1S/C9H7ClFN3O2S/c10-6-1-2-9(8(11)3-6)17(15,16)14-7-4-12-13-5-7/h1-5,14H,(H,12,13). The lowest BCUT2D eigenvalue weighted by Crippen LogP contribution is -2.14. The molecule has 0 saturated heterocycles. The largest absolute Gasteiger partial charge is 0.284 e. The predicted octanol–water partition coefficient (Wildman–Crippen LogP) is 2.00. The zero-order chi connectivity index (χ0) is 12.5. The van der Waals surface area contributed by atoms with E-state index in [-0.39, 0.29) is 10.7 Å². The number of aromatic nitrogens is 2. The molecule has 0 aliphatic carbocycles. The molecule has 0 spiro atoms. The number of aromatic amines is 1. The maximum atomic E-state index is 13.4. The van der Waals surface area contributed by atoms with E-state index < -0.39 is 20.7 Å². The van der Waals surface area contributed by atoms with Gasteiger partial charge in [-0.3, -0.25) is 9.82 Å². The normalized spacial score (nSPS) is 11.4. The number of rotatable bonds is 3. The second-order valence-corrected chi connectivity index (χ2v) is 5.25. The van der Waals surface area contributed by atoms with E-state index in [1.807, 2.05) is 0 Å². The topological polar surface area (TPSA) is 74.8 Å². The molecule has 0 bridgehead atoms. The van der Waals surface area contributed by atoms with Crippen molar-refractivity contribution in [2.24, 2.45) is 0 Å². The molecular formula is C9H7ClFN3O2S. The van der Waals surface area contributed by atoms with Gasteiger partial charge in [0.15, 0.2) is 0 Å². The summed E-state index contributed by atoms with van der Waals surface area (Å²) in [6.07, 6.45) is 2.61. The van der Waals surface area contributed by atoms with Crippen LogP contribution in [0.25, 0.3) is 0 Å². The highest BCUT2D eigenvalue weighted by Crippen LogP contribution is 2.21. The Bertz CT molecular complexity index is 628. The van der Waals surface area contributed by atoms with Crippen LogP contribution in [-0.4, -0.2) is 18.6 Å². The minimum atomic E-state index is -3.97. The Kier molecular flexibility index (Phi) is 3.03. The molecule has 1 heterocycles. The smallest absolute Gasteiger partial charge is 0.264 e. The Morgan fingerprint density at radius 3 is 2.76 bits per heavy atom. The van der Waals surface area contributed by atoms with Crippen LogP contribution < -0.4 is 4.72 Å². The monoisotopic (exact) mass is 275 g/mol. The van der Waals surface area contributed by atoms with Crippen molar-refractivity contribution in [1.82, 2.24) is 10.2 Å². The molecule has 0 unspecified atom stereocenters. The molecule has 0 radical (unpaired) electrons. The molecule has 2 rings (SSSR count). The maximum absolute atomic E-state index is 13.4. The predicted molar refractivity (Wildman–Crippen MR) is 60.8 cm³/mol. The van der Waals surface area contributed by atoms with E-state index in [9.17, 15) is 12.8 Å². The molecular weight excluding hydrogens is 269 g/mol. The van der Waals surface area contributed by atoms with E-state index in [1.165, 1.54) is 18.5 Å². The minimum Gasteiger partial charge on any atom is -0.284 e. The first-order valence-corrected chi connectivity index (χ1v) is 6.32. The summed E-state index contributed by atoms with van der Waals surface area (Å²) in [6.45, 7) is 0. The van der Waals surface area contributed by atoms with Crippen LogP contribution in [0.2, 0.25) is 5.02 Å². The molecule has 0 amide bonds. The summed E-state index contributed by atoms with van der Waals surface area (Å²) in [5.41, 5.74) is 0.222. The molecule has 0 aliphatic rings. The Morgan fingerprint density at radius 2 is 2.18 bits per heavy atom. The summed E-state index contributed by atoms with van der Waals surface area (Å²) in [4.78, 5) is -0.469. The van der Waals surface area contributed by atoms with Crippen molar-refractivity contribution in [3.05, 3.63) is 41.4 Å². The SMILES string of the molecule is O=S(=O)(Nc1cn[nH]c1)c1ccc(Cl)cc1F. The van der Waals surface area contributed by atoms with Crippen LogP contribution >= 0.6 is 11.6 Å². The van der Waals surface area contributed by atoms with E-state index in [1.54, 1.807) is 0 Å². The van der Waals surface area contributed by atoms with Gasteiger partial charge in [-0.25, -0.2) is 12.8 Å². The minimum absolute atomic E-state index is 0.129. The third kappa shape index (κ3) is 2.56. The third-order valence-corrected chi connectivity index (χ3v) is 3.58. The second kappa shape index (κ2) is 4.34. The summed E-state index contributed by atoms with van der Waals surface area (Å²) >= 11 is 5.54. The molecule has 17 heavy (non-hydrogen) atoms. The first-order valence-electron chi connectivity index (χ1n) is 4.46. The van der Waals surface area contributed by atoms with Crippen molar-refractivity contribution < 1.29 is 12.8 Å². The van der Waals surface area contributed by atoms with Crippen LogP contribution in [0.3, 0.4) is 0 Å². The number of halogens is 2. The van der Waals surface area contributed by atoms with Gasteiger partial charge in [-0.2, -0.15) is 5.10 Å². The van der Waals surface area contributed by atoms with Gasteiger partial charge in [-0.1, -0.05) is 11.6 Å². The lowest BCUT2D eigenvalue weighted by atomic mass is 10.3. The van der Waals surface area contributed by atoms with Crippen molar-refractivity contribution in [3.8, 4) is 0 Å². The van der Waals surface area contributed by atoms with Gasteiger partial charge in [0.25, 0.3) is 10.0 Å². The summed E-state index contributed by atoms with van der Waals surface area (Å²) < 4.78 is 39.2. The molecule has 8 heteroatoms. The zero-order valence-electron chi connectivity index (χ0n) is 8.31. The quantitative estimate of drug-likeness (QED) is 0.900. The fourth-order valence-electron chi connectivity index (χ4n) is 1.21. The van der Waals surface area contributed by atoms with E-state index in [0.29, 0.717) is 0 Å². The van der Waals surface area contributed by atoms with Gasteiger partial charge in [-0.15, -0.1) is 0 Å². The Labute approximate surface area is 102 Å². The van der Waals surface area contributed by atoms with Gasteiger partial charge in [-0.05, 0) is 18.2 Å². The van der Waals surface area contributed by atoms with E-state index in [2.05, 4.69) is 14.9 Å². The van der Waals surface area contributed by atoms with Crippen LogP contribution in [0.1, 0.15) is 0 Å². The zero-order valence-corrected chi connectivity index (χ0v) is 9.89. The van der Waals surface area contributed by atoms with Gasteiger partial charge in [0.1, 0.15) is 10.7 Å². The van der Waals surface area contributed by atoms with Crippen LogP contribution in [0.4, 0.5) is 10.1 Å². The fraction of sp³-hybridized carbons (Fsp3) is 0. The maximum Gasteiger partial charge on any atom is 0.264 e. The summed E-state index contributed by atoms with van der Waals surface area (Å²) in [7, 11) is -3.97. The number of nitrogens with zero attached hydrogens (tertiary/aromatic N) is 1. The second-order valence-electron chi connectivity index (χ2n) is 3.17. The van der Waals surface area contributed by atoms with Crippen LogP contribution in [0.5, 0.6) is 0 Å². The number of hydrogen-bond acceptors (Lipinski definition) is 3. The number of nitrogens with one attached hydrogen (secondary N) is 2. The molecule has 0 fully saturated rings. The van der Waals surface area contributed by atoms with Crippen LogP contribution in [-0.2, 0) is 10.0 Å². The van der Waals surface area contributed by atoms with Crippen molar-refractivity contribution in [2.45, 2.75) is 4.90 Å². The highest BCUT2D eigenvalue weighted by molar-refractivity contribution is 7.92. The van der Waals surface area contributed by atoms with E-state index in [0.717, 1.165) is 12.1 Å². The molecule has 0 saturated carbocycles. The van der Waals surface area contributed by atoms with Crippen molar-refractivity contribution in [1.29, 1.82) is 0 Å². The fourth-order valence-corrected chi connectivity index (χ4v) is 2.46. The number of benzene rings is 1. The Balaban J connectivity index is 2.38. The molecule has 2 aromatic rings. The molecule has 1 aromatic carbocycles. The number of sulfonamides is 1. The first-order chi connectivity index (χ1) is 7.99. The first kappa shape index (κ1) is 11.9. The lowest BCUT2D eigenvalue weighted by Gasteiger charge is -2.06. The van der Waals surface area contributed by atoms with E-state index in [4.69, 9.17) is 11.6 Å². The Hall–Kier alpha value is -1.60. The number of anilines is 1. The van der Waals surface area contributed by atoms with Crippen molar-refractivity contribution >= 4 is 27.3 Å². The highest BCUT2D eigenvalue weighted by atomic mass is 35.5. The van der Waals surface area contributed by atoms with Gasteiger partial charge < -0.3 is 0 Å². The summed E-state index contributed by atoms with van der Waals surface area (Å²) in [6, 6.07) is 3.33. The molecule has 0 aliphatic heterocycles. The van der Waals surface area contributed by atoms with Crippen molar-refractivity contribution in [2.75, 3.05) is 4.72 Å². The van der Waals surface area contributed by atoms with Gasteiger partial charge >= 0.3 is 0 Å². The van der Waals surface area contributed by atoms with Crippen molar-refractivity contribution in [3.63, 3.8) is 0 Å². The van der Waals surface area contributed by atoms with Crippen LogP contribution in [0.15, 0.2) is 35.5 Å².